The molecule has 4 saturated heterocycles. The van der Waals surface area contributed by atoms with Gasteiger partial charge in [0.2, 0.25) is 12.4 Å². The van der Waals surface area contributed by atoms with E-state index in [1.54, 1.807) is 7.11 Å². The van der Waals surface area contributed by atoms with Crippen molar-refractivity contribution in [1.29, 1.82) is 0 Å². The Kier molecular flexibility index (Phi) is 3.74. The third kappa shape index (κ3) is 1.73. The first-order valence-electron chi connectivity index (χ1n) is 12.4. The van der Waals surface area contributed by atoms with Gasteiger partial charge in [0, 0.05) is 36.9 Å². The minimum atomic E-state index is -2.18. The van der Waals surface area contributed by atoms with Crippen LogP contribution >= 0.6 is 0 Å². The average molecular weight is 501 g/mol. The number of ether oxygens (including phenoxy) is 6. The zero-order valence-electron chi connectivity index (χ0n) is 20.3. The van der Waals surface area contributed by atoms with Gasteiger partial charge in [-0.1, -0.05) is 6.07 Å². The number of hydrogen-bond donors (Lipinski definition) is 1. The number of anilines is 1. The van der Waals surface area contributed by atoms with Crippen LogP contribution in [0.25, 0.3) is 0 Å². The maximum absolute atomic E-state index is 13.9. The number of esters is 1. The molecule has 6 aliphatic heterocycles. The average Bonchev–Trinajstić information content (AvgIpc) is 3.62. The van der Waals surface area contributed by atoms with Crippen molar-refractivity contribution in [3.05, 3.63) is 17.7 Å². The van der Waals surface area contributed by atoms with Gasteiger partial charge in [-0.15, -0.1) is 0 Å². The van der Waals surface area contributed by atoms with Crippen LogP contribution in [0.5, 0.6) is 11.5 Å². The number of benzene rings is 1. The fraction of sp³-hybridized carbons (Fsp3) is 0.680. The molecule has 0 aromatic heterocycles. The summed E-state index contributed by atoms with van der Waals surface area (Å²) < 4.78 is 34.9. The first-order chi connectivity index (χ1) is 17.4. The highest BCUT2D eigenvalue weighted by atomic mass is 16.7. The molecule has 3 saturated carbocycles. The Bertz CT molecular complexity index is 1240. The van der Waals surface area contributed by atoms with Crippen LogP contribution in [0.1, 0.15) is 31.2 Å². The topological polar surface area (TPSA) is 116 Å². The van der Waals surface area contributed by atoms with Gasteiger partial charge in [0.25, 0.3) is 0 Å². The molecule has 8 atom stereocenters. The summed E-state index contributed by atoms with van der Waals surface area (Å²) >= 11 is 0. The lowest BCUT2D eigenvalue weighted by Gasteiger charge is -2.78. The first kappa shape index (κ1) is 21.5. The number of carbonyl (C=O) groups is 2. The van der Waals surface area contributed by atoms with Crippen LogP contribution in [-0.4, -0.2) is 92.4 Å². The van der Waals surface area contributed by atoms with E-state index in [1.807, 2.05) is 12.1 Å². The third-order valence-corrected chi connectivity index (χ3v) is 10.6. The molecule has 7 fully saturated rings. The fourth-order valence-electron chi connectivity index (χ4n) is 9.90. The molecule has 0 radical (unpaired) electrons. The Hall–Kier alpha value is -2.60. The van der Waals surface area contributed by atoms with E-state index in [9.17, 15) is 14.7 Å². The number of rotatable bonds is 2. The molecule has 11 nitrogen and oxygen atoms in total. The third-order valence-electron chi connectivity index (χ3n) is 10.6. The molecule has 6 heterocycles. The maximum Gasteiger partial charge on any atom is 0.414 e. The number of fused-ring (bicyclic) bond motifs is 5. The highest BCUT2D eigenvalue weighted by molar-refractivity contribution is 6.02. The number of nitrogens with zero attached hydrogens (tertiary/aromatic N) is 2. The highest BCUT2D eigenvalue weighted by Gasteiger charge is 2.94. The van der Waals surface area contributed by atoms with E-state index >= 15 is 0 Å². The Labute approximate surface area is 207 Å². The van der Waals surface area contributed by atoms with Crippen molar-refractivity contribution in [3.8, 4) is 11.5 Å². The predicted molar refractivity (Wildman–Crippen MR) is 120 cm³/mol. The van der Waals surface area contributed by atoms with Crippen LogP contribution in [0, 0.1) is 5.41 Å². The minimum Gasteiger partial charge on any atom is -0.467 e. The van der Waals surface area contributed by atoms with E-state index in [0.29, 0.717) is 49.4 Å². The largest absolute Gasteiger partial charge is 0.467 e. The molecule has 10 rings (SSSR count). The molecule has 5 bridgehead atoms. The van der Waals surface area contributed by atoms with Crippen LogP contribution < -0.4 is 14.4 Å². The van der Waals surface area contributed by atoms with E-state index in [2.05, 4.69) is 4.90 Å². The fourth-order valence-corrected chi connectivity index (χ4v) is 9.90. The smallest absolute Gasteiger partial charge is 0.414 e. The second kappa shape index (κ2) is 6.27. The summed E-state index contributed by atoms with van der Waals surface area (Å²) in [4.78, 5) is 31.4. The first-order valence-corrected chi connectivity index (χ1v) is 12.4. The van der Waals surface area contributed by atoms with Gasteiger partial charge in [0.15, 0.2) is 11.5 Å². The predicted octanol–water partition coefficient (Wildman–Crippen LogP) is 0.894. The van der Waals surface area contributed by atoms with Crippen molar-refractivity contribution in [2.24, 2.45) is 5.41 Å². The van der Waals surface area contributed by atoms with E-state index < -0.39 is 40.1 Å². The summed E-state index contributed by atoms with van der Waals surface area (Å²) in [5.41, 5.74) is -3.74. The van der Waals surface area contributed by atoms with E-state index in [1.165, 1.54) is 19.1 Å². The minimum absolute atomic E-state index is 0.0150. The number of amides is 1. The van der Waals surface area contributed by atoms with Gasteiger partial charge < -0.3 is 33.5 Å². The quantitative estimate of drug-likeness (QED) is 0.587. The molecule has 1 aromatic carbocycles. The second-order valence-electron chi connectivity index (χ2n) is 11.0. The number of aliphatic hydroxyl groups is 1. The molecule has 9 aliphatic rings. The summed E-state index contributed by atoms with van der Waals surface area (Å²) in [6, 6.07) is 3.69. The van der Waals surface area contributed by atoms with Gasteiger partial charge in [0.05, 0.1) is 26.0 Å². The van der Waals surface area contributed by atoms with Gasteiger partial charge in [-0.3, -0.25) is 9.80 Å². The Morgan fingerprint density at radius 1 is 1.11 bits per heavy atom. The van der Waals surface area contributed by atoms with Crippen molar-refractivity contribution in [1.82, 2.24) is 4.90 Å². The SMILES string of the molecule is COC(=O)N1c2c(ccc3c2OCO3)C23CCN4C5CC(OC)C6(CCC12C(O)(C(=O)OC)C6O5)C43. The monoisotopic (exact) mass is 500 g/mol. The van der Waals surface area contributed by atoms with E-state index in [0.717, 1.165) is 5.56 Å². The van der Waals surface area contributed by atoms with E-state index in [-0.39, 0.29) is 25.2 Å². The van der Waals surface area contributed by atoms with Crippen LogP contribution in [-0.2, 0) is 29.2 Å². The lowest BCUT2D eigenvalue weighted by Crippen LogP contribution is -2.95. The molecule has 1 aromatic rings. The second-order valence-corrected chi connectivity index (χ2v) is 11.0. The van der Waals surface area contributed by atoms with Crippen molar-refractivity contribution in [3.63, 3.8) is 0 Å². The molecule has 3 spiro atoms. The molecule has 3 aliphatic carbocycles. The zero-order chi connectivity index (χ0) is 24.8. The lowest BCUT2D eigenvalue weighted by molar-refractivity contribution is -0.391. The van der Waals surface area contributed by atoms with Crippen LogP contribution in [0.3, 0.4) is 0 Å². The molecule has 1 amide bonds. The van der Waals surface area contributed by atoms with Gasteiger partial charge in [-0.25, -0.2) is 9.59 Å². The number of piperidine rings is 1. The van der Waals surface area contributed by atoms with Crippen LogP contribution in [0.2, 0.25) is 0 Å². The number of carbonyl (C=O) groups excluding carboxylic acids is 2. The van der Waals surface area contributed by atoms with Gasteiger partial charge in [0.1, 0.15) is 17.9 Å². The molecular formula is C25H28N2O9. The molecular weight excluding hydrogens is 472 g/mol. The lowest BCUT2D eigenvalue weighted by atomic mass is 9.35. The summed E-state index contributed by atoms with van der Waals surface area (Å²) in [7, 11) is 4.25. The van der Waals surface area contributed by atoms with Crippen molar-refractivity contribution >= 4 is 17.7 Å². The van der Waals surface area contributed by atoms with Gasteiger partial charge >= 0.3 is 12.1 Å². The van der Waals surface area contributed by atoms with E-state index in [4.69, 9.17) is 28.4 Å². The highest BCUT2D eigenvalue weighted by Crippen LogP contribution is 2.80. The summed E-state index contributed by atoms with van der Waals surface area (Å²) in [5, 5.41) is 12.9. The molecule has 8 unspecified atom stereocenters. The van der Waals surface area contributed by atoms with Crippen LogP contribution in [0.4, 0.5) is 10.5 Å². The summed E-state index contributed by atoms with van der Waals surface area (Å²) in [6.07, 6.45) is 0.0650. The summed E-state index contributed by atoms with van der Waals surface area (Å²) in [6.45, 7) is 0.712. The van der Waals surface area contributed by atoms with Gasteiger partial charge in [-0.05, 0) is 30.9 Å². The normalized spacial score (nSPS) is 46.1. The van der Waals surface area contributed by atoms with Gasteiger partial charge in [-0.2, -0.15) is 0 Å². The Morgan fingerprint density at radius 3 is 2.69 bits per heavy atom. The molecule has 1 N–H and O–H groups in total. The molecule has 11 heteroatoms. The standard InChI is InChI=1S/C25H28N2O9/c1-31-14-10-15-26-9-8-23-12-4-5-13-17(35-11-34-13)16(12)27(21(29)33-3)24(23)7-6-22(14,18(23)26)19(36-15)25(24,30)20(28)32-2/h4-5,14-15,18-19,30H,6-11H2,1-3H3. The van der Waals surface area contributed by atoms with Crippen molar-refractivity contribution in [2.75, 3.05) is 39.6 Å². The zero-order valence-corrected chi connectivity index (χ0v) is 20.3. The number of methoxy groups -OCH3 is 3. The molecule has 36 heavy (non-hydrogen) atoms. The van der Waals surface area contributed by atoms with Crippen molar-refractivity contribution in [2.45, 2.75) is 66.7 Å². The van der Waals surface area contributed by atoms with Crippen molar-refractivity contribution < 1.29 is 43.1 Å². The Balaban J connectivity index is 1.53. The molecule has 192 valence electrons. The Morgan fingerprint density at radius 2 is 1.94 bits per heavy atom. The summed E-state index contributed by atoms with van der Waals surface area (Å²) in [5.74, 6) is 0.112. The maximum atomic E-state index is 13.9. The van der Waals surface area contributed by atoms with Crippen LogP contribution in [0.15, 0.2) is 12.1 Å². The number of hydrogen-bond acceptors (Lipinski definition) is 10.